The molecule has 8 N–H and O–H groups in total. The predicted molar refractivity (Wildman–Crippen MR) is 263 cm³/mol. The molecule has 3 fully saturated rings. The first-order valence-electron chi connectivity index (χ1n) is 24.0. The van der Waals surface area contributed by atoms with Crippen LogP contribution < -0.4 is 37.2 Å². The number of hydrogen-bond acceptors (Lipinski definition) is 15. The van der Waals surface area contributed by atoms with Crippen LogP contribution in [0, 0.1) is 17.0 Å². The summed E-state index contributed by atoms with van der Waals surface area (Å²) < 4.78 is 44.6. The number of benzene rings is 4. The Labute approximate surface area is 414 Å². The Balaban J connectivity index is 0.742. The molecule has 19 nitrogen and oxygen atoms in total. The van der Waals surface area contributed by atoms with Gasteiger partial charge in [-0.3, -0.25) is 49.3 Å². The second-order valence-electron chi connectivity index (χ2n) is 17.9. The number of nitrogen functional groups attached to an aromatic ring is 1. The van der Waals surface area contributed by atoms with Crippen LogP contribution in [0.1, 0.15) is 73.4 Å². The first-order chi connectivity index (χ1) is 34.8. The van der Waals surface area contributed by atoms with E-state index >= 15 is 0 Å². The summed E-state index contributed by atoms with van der Waals surface area (Å²) >= 11 is 0. The van der Waals surface area contributed by atoms with Crippen molar-refractivity contribution < 1.29 is 51.8 Å². The first-order valence-corrected chi connectivity index (χ1v) is 24.0. The summed E-state index contributed by atoms with van der Waals surface area (Å²) in [5.41, 5.74) is 10.5. The highest BCUT2D eigenvalue weighted by atomic mass is 19.1. The molecule has 4 aliphatic rings. The molecule has 4 heterocycles. The van der Waals surface area contributed by atoms with Crippen LogP contribution in [0.3, 0.4) is 0 Å². The van der Waals surface area contributed by atoms with Crippen LogP contribution in [0.25, 0.3) is 0 Å². The summed E-state index contributed by atoms with van der Waals surface area (Å²) in [6.07, 6.45) is 1.82. The molecule has 0 bridgehead atoms. The average molecular weight is 993 g/mol. The SMILES string of the molecule is N=C(NC(=O)c1ccc(N2CCN(CC(=O)NCCOCCOCCNc3cccc4c3C(=O)N(C3CCC(=O)NC3=O)C4=O)CC2)cc1NC1CCOCC1)c1cc(Cc2cc(F)cc(F)c2)ccc1N. The minimum absolute atomic E-state index is 0.0390. The molecule has 72 heavy (non-hydrogen) atoms. The van der Waals surface area contributed by atoms with Crippen molar-refractivity contribution in [2.75, 3.05) is 107 Å². The van der Waals surface area contributed by atoms with E-state index in [-0.39, 0.29) is 72.6 Å². The maximum Gasteiger partial charge on any atom is 0.264 e. The number of carbonyl (C=O) groups is 6. The third-order valence-corrected chi connectivity index (χ3v) is 12.9. The van der Waals surface area contributed by atoms with E-state index in [1.54, 1.807) is 36.4 Å². The number of piperidine rings is 1. The standard InChI is InChI=1S/C51H58F2N10O9/c52-33-25-32(26-34(53)28-33)24-31-4-7-40(54)39(27-31)47(55)60-48(66)37-6-5-36(29-42(37)58-35-10-18-70-19-11-35)62-16-14-61(15-17-62)30-45(65)57-13-21-72-23-22-71-20-12-56-41-3-1-2-38-46(41)51(69)63(50(38)68)43-8-9-44(64)59-49(43)67/h1-7,25-29,35,43,56,58H,8-24,30,54H2,(H,57,65)(H2,55,60,66)(H,59,64,67). The highest BCUT2D eigenvalue weighted by molar-refractivity contribution is 6.25. The number of anilines is 4. The second kappa shape index (κ2) is 23.7. The van der Waals surface area contributed by atoms with E-state index in [0.717, 1.165) is 29.5 Å². The van der Waals surface area contributed by atoms with Crippen LogP contribution in [0.15, 0.2) is 72.8 Å². The Kier molecular flexibility index (Phi) is 16.8. The number of hydrogen-bond donors (Lipinski definition) is 7. The molecule has 0 aliphatic carbocycles. The third-order valence-electron chi connectivity index (χ3n) is 12.9. The fourth-order valence-electron chi connectivity index (χ4n) is 9.16. The van der Waals surface area contributed by atoms with Gasteiger partial charge in [-0.15, -0.1) is 0 Å². The molecule has 3 saturated heterocycles. The number of carbonyl (C=O) groups excluding carboxylic acids is 6. The summed E-state index contributed by atoms with van der Waals surface area (Å²) in [6, 6.07) is 17.7. The van der Waals surface area contributed by atoms with Gasteiger partial charge in [-0.25, -0.2) is 8.78 Å². The fourth-order valence-corrected chi connectivity index (χ4v) is 9.16. The highest BCUT2D eigenvalue weighted by Gasteiger charge is 2.45. The Bertz CT molecular complexity index is 2690. The van der Waals surface area contributed by atoms with Crippen molar-refractivity contribution in [3.05, 3.63) is 118 Å². The lowest BCUT2D eigenvalue weighted by Crippen LogP contribution is -2.54. The van der Waals surface area contributed by atoms with E-state index in [4.69, 9.17) is 25.4 Å². The van der Waals surface area contributed by atoms with Crippen molar-refractivity contribution in [3.63, 3.8) is 0 Å². The Morgan fingerprint density at radius 3 is 2.26 bits per heavy atom. The van der Waals surface area contributed by atoms with Gasteiger partial charge in [0.25, 0.3) is 17.7 Å². The van der Waals surface area contributed by atoms with Gasteiger partial charge in [0, 0.05) is 99.3 Å². The Morgan fingerprint density at radius 1 is 0.792 bits per heavy atom. The third kappa shape index (κ3) is 12.8. The number of ether oxygens (including phenoxy) is 3. The normalized spacial score (nSPS) is 17.4. The summed E-state index contributed by atoms with van der Waals surface area (Å²) in [6.45, 7) is 5.77. The quantitative estimate of drug-likeness (QED) is 0.0221. The summed E-state index contributed by atoms with van der Waals surface area (Å²) in [5.74, 6) is -4.50. The zero-order valence-corrected chi connectivity index (χ0v) is 39.7. The molecular weight excluding hydrogens is 935 g/mol. The molecule has 0 aromatic heterocycles. The van der Waals surface area contributed by atoms with Gasteiger partial charge in [0.15, 0.2) is 0 Å². The summed E-state index contributed by atoms with van der Waals surface area (Å²) in [5, 5.41) is 23.3. The second-order valence-corrected chi connectivity index (χ2v) is 17.9. The molecule has 4 aliphatic heterocycles. The van der Waals surface area contributed by atoms with Crippen LogP contribution in [0.5, 0.6) is 0 Å². The van der Waals surface area contributed by atoms with E-state index < -0.39 is 47.2 Å². The lowest BCUT2D eigenvalue weighted by Gasteiger charge is -2.36. The van der Waals surface area contributed by atoms with Crippen molar-refractivity contribution in [2.45, 2.75) is 44.2 Å². The number of piperazine rings is 1. The molecule has 0 radical (unpaired) electrons. The number of amides is 6. The number of rotatable bonds is 20. The number of amidine groups is 1. The smallest absolute Gasteiger partial charge is 0.264 e. The van der Waals surface area contributed by atoms with Crippen LogP contribution in [0.4, 0.5) is 31.5 Å². The van der Waals surface area contributed by atoms with Gasteiger partial charge >= 0.3 is 0 Å². The Hall–Kier alpha value is -7.33. The van der Waals surface area contributed by atoms with Gasteiger partial charge in [-0.1, -0.05) is 12.1 Å². The summed E-state index contributed by atoms with van der Waals surface area (Å²) in [7, 11) is 0. The van der Waals surface area contributed by atoms with Crippen molar-refractivity contribution in [1.29, 1.82) is 5.41 Å². The zero-order chi connectivity index (χ0) is 50.7. The zero-order valence-electron chi connectivity index (χ0n) is 39.7. The number of nitrogens with two attached hydrogens (primary N) is 1. The van der Waals surface area contributed by atoms with Gasteiger partial charge in [-0.2, -0.15) is 0 Å². The molecule has 1 atom stereocenters. The van der Waals surface area contributed by atoms with Crippen LogP contribution >= 0.6 is 0 Å². The Morgan fingerprint density at radius 2 is 1.53 bits per heavy atom. The van der Waals surface area contributed by atoms with E-state index in [1.807, 2.05) is 12.1 Å². The van der Waals surface area contributed by atoms with E-state index in [9.17, 15) is 37.5 Å². The molecule has 1 unspecified atom stereocenters. The molecule has 6 amide bonds. The highest BCUT2D eigenvalue weighted by Crippen LogP contribution is 2.33. The first kappa shape index (κ1) is 51.0. The van der Waals surface area contributed by atoms with Crippen molar-refractivity contribution >= 4 is 64.0 Å². The van der Waals surface area contributed by atoms with Crippen molar-refractivity contribution in [3.8, 4) is 0 Å². The predicted octanol–water partition coefficient (Wildman–Crippen LogP) is 3.27. The fraction of sp³-hybridized carbons (Fsp3) is 0.392. The maximum atomic E-state index is 13.9. The molecule has 0 saturated carbocycles. The van der Waals surface area contributed by atoms with Gasteiger partial charge in [0.2, 0.25) is 17.7 Å². The molecule has 21 heteroatoms. The minimum Gasteiger partial charge on any atom is -0.398 e. The number of halogens is 2. The largest absolute Gasteiger partial charge is 0.398 e. The number of imide groups is 2. The maximum absolute atomic E-state index is 13.9. The van der Waals surface area contributed by atoms with Crippen LogP contribution in [0.2, 0.25) is 0 Å². The number of nitrogens with zero attached hydrogens (tertiary/aromatic N) is 3. The molecule has 4 aromatic carbocycles. The van der Waals surface area contributed by atoms with E-state index in [2.05, 4.69) is 36.4 Å². The number of nitrogens with one attached hydrogen (secondary N) is 6. The van der Waals surface area contributed by atoms with Gasteiger partial charge in [0.05, 0.1) is 49.7 Å². The van der Waals surface area contributed by atoms with Gasteiger partial charge in [-0.05, 0) is 91.4 Å². The molecule has 380 valence electrons. The monoisotopic (exact) mass is 992 g/mol. The van der Waals surface area contributed by atoms with Gasteiger partial charge in [0.1, 0.15) is 23.5 Å². The molecular formula is C51H58F2N10O9. The summed E-state index contributed by atoms with van der Waals surface area (Å²) in [4.78, 5) is 82.3. The molecule has 4 aromatic rings. The minimum atomic E-state index is -1.05. The molecule has 8 rings (SSSR count). The topological polar surface area (TPSA) is 250 Å². The lowest BCUT2D eigenvalue weighted by atomic mass is 10.0. The number of fused-ring (bicyclic) bond motifs is 1. The van der Waals surface area contributed by atoms with E-state index in [1.165, 1.54) is 18.2 Å². The molecule has 0 spiro atoms. The average Bonchev–Trinajstić information content (AvgIpc) is 3.61. The lowest BCUT2D eigenvalue weighted by molar-refractivity contribution is -0.136. The van der Waals surface area contributed by atoms with Crippen molar-refractivity contribution in [2.24, 2.45) is 0 Å². The van der Waals surface area contributed by atoms with E-state index in [0.29, 0.717) is 100 Å². The van der Waals surface area contributed by atoms with Crippen LogP contribution in [-0.2, 0) is 35.0 Å². The van der Waals surface area contributed by atoms with Crippen LogP contribution in [-0.4, -0.2) is 149 Å². The van der Waals surface area contributed by atoms with Gasteiger partial charge < -0.3 is 46.1 Å². The van der Waals surface area contributed by atoms with Crippen molar-refractivity contribution in [1.82, 2.24) is 25.8 Å².